The van der Waals surface area contributed by atoms with Crippen LogP contribution in [-0.4, -0.2) is 53.9 Å². The molecule has 1 atom stereocenters. The second-order valence-electron chi connectivity index (χ2n) is 8.84. The highest BCUT2D eigenvalue weighted by molar-refractivity contribution is 5.73. The summed E-state index contributed by atoms with van der Waals surface area (Å²) in [5.41, 5.74) is -0.302. The normalized spacial score (nSPS) is 18.3. The first kappa shape index (κ1) is 21.7. The van der Waals surface area contributed by atoms with E-state index in [1.54, 1.807) is 13.8 Å². The number of aliphatic carboxylic acids is 1. The summed E-state index contributed by atoms with van der Waals surface area (Å²) >= 11 is 0. The number of likely N-dealkylation sites (N-methyl/N-ethyl adjacent to an activating group) is 1. The number of hydrogen-bond donors (Lipinski definition) is 2. The molecule has 1 unspecified atom stereocenters. The first-order valence-corrected chi connectivity index (χ1v) is 9.97. The van der Waals surface area contributed by atoms with E-state index >= 15 is 0 Å². The molecule has 1 fully saturated rings. The van der Waals surface area contributed by atoms with E-state index in [1.807, 2.05) is 38.4 Å². The second kappa shape index (κ2) is 9.07. The maximum Gasteiger partial charge on any atom is 0.309 e. The standard InChI is InChI=1S/C22H35NO4/c1-21(2,20(24)25)14-15-27-18-10-8-17(9-11-18)19(16-23(3)4)22(26)12-6-5-7-13-22/h8-11,19,26H,5-7,12-16H2,1-4H3,(H,24,25). The molecule has 2 N–H and O–H groups in total. The van der Waals surface area contributed by atoms with Crippen LogP contribution in [-0.2, 0) is 4.79 Å². The Hall–Kier alpha value is -1.59. The number of carbonyl (C=O) groups is 1. The molecular formula is C22H35NO4. The van der Waals surface area contributed by atoms with Gasteiger partial charge in [-0.15, -0.1) is 0 Å². The molecule has 0 heterocycles. The van der Waals surface area contributed by atoms with Crippen molar-refractivity contribution in [3.8, 4) is 5.75 Å². The highest BCUT2D eigenvalue weighted by Crippen LogP contribution is 2.40. The number of rotatable bonds is 9. The number of nitrogens with zero attached hydrogens (tertiary/aromatic N) is 1. The van der Waals surface area contributed by atoms with Crippen molar-refractivity contribution in [2.24, 2.45) is 5.41 Å². The Bertz CT molecular complexity index is 603. The largest absolute Gasteiger partial charge is 0.494 e. The van der Waals surface area contributed by atoms with E-state index in [2.05, 4.69) is 4.90 Å². The molecule has 0 bridgehead atoms. The molecular weight excluding hydrogens is 342 g/mol. The minimum absolute atomic E-state index is 0.0767. The van der Waals surface area contributed by atoms with Gasteiger partial charge < -0.3 is 19.8 Å². The van der Waals surface area contributed by atoms with Gasteiger partial charge in [-0.1, -0.05) is 31.4 Å². The second-order valence-corrected chi connectivity index (χ2v) is 8.84. The molecule has 2 rings (SSSR count). The average Bonchev–Trinajstić information content (AvgIpc) is 2.60. The van der Waals surface area contributed by atoms with Crippen molar-refractivity contribution in [1.29, 1.82) is 0 Å². The van der Waals surface area contributed by atoms with Gasteiger partial charge in [0.15, 0.2) is 0 Å². The van der Waals surface area contributed by atoms with E-state index in [4.69, 9.17) is 4.74 Å². The Labute approximate surface area is 163 Å². The van der Waals surface area contributed by atoms with Crippen LogP contribution in [0.5, 0.6) is 5.75 Å². The highest BCUT2D eigenvalue weighted by Gasteiger charge is 2.38. The van der Waals surface area contributed by atoms with Crippen LogP contribution in [0.15, 0.2) is 24.3 Å². The van der Waals surface area contributed by atoms with Gasteiger partial charge in [0.1, 0.15) is 5.75 Å². The molecule has 0 amide bonds. The fourth-order valence-corrected chi connectivity index (χ4v) is 3.79. The lowest BCUT2D eigenvalue weighted by atomic mass is 9.72. The lowest BCUT2D eigenvalue weighted by Gasteiger charge is -2.40. The summed E-state index contributed by atoms with van der Waals surface area (Å²) in [7, 11) is 4.09. The van der Waals surface area contributed by atoms with Crippen molar-refractivity contribution >= 4 is 5.97 Å². The molecule has 1 aliphatic rings. The summed E-state index contributed by atoms with van der Waals surface area (Å²) in [6.07, 6.45) is 5.54. The van der Waals surface area contributed by atoms with Crippen molar-refractivity contribution in [2.75, 3.05) is 27.2 Å². The monoisotopic (exact) mass is 377 g/mol. The van der Waals surface area contributed by atoms with Gasteiger partial charge in [-0.2, -0.15) is 0 Å². The van der Waals surface area contributed by atoms with Crippen LogP contribution in [0.25, 0.3) is 0 Å². The SMILES string of the molecule is CN(C)CC(c1ccc(OCCC(C)(C)C(=O)O)cc1)C1(O)CCCCC1. The number of ether oxygens (including phenoxy) is 1. The predicted octanol–water partition coefficient (Wildman–Crippen LogP) is 3.91. The topological polar surface area (TPSA) is 70.0 Å². The van der Waals surface area contributed by atoms with Crippen molar-refractivity contribution in [3.05, 3.63) is 29.8 Å². The number of carboxylic acids is 1. The van der Waals surface area contributed by atoms with E-state index < -0.39 is 17.0 Å². The molecule has 0 aromatic heterocycles. The molecule has 0 spiro atoms. The van der Waals surface area contributed by atoms with E-state index in [-0.39, 0.29) is 5.92 Å². The third kappa shape index (κ3) is 5.94. The van der Waals surface area contributed by atoms with Crippen molar-refractivity contribution in [1.82, 2.24) is 4.90 Å². The molecule has 27 heavy (non-hydrogen) atoms. The predicted molar refractivity (Wildman–Crippen MR) is 107 cm³/mol. The number of hydrogen-bond acceptors (Lipinski definition) is 4. The van der Waals surface area contributed by atoms with Gasteiger partial charge in [-0.25, -0.2) is 0 Å². The van der Waals surface area contributed by atoms with Gasteiger partial charge in [-0.3, -0.25) is 4.79 Å². The average molecular weight is 378 g/mol. The fraction of sp³-hybridized carbons (Fsp3) is 0.682. The lowest BCUT2D eigenvalue weighted by Crippen LogP contribution is -2.42. The Kier molecular flexibility index (Phi) is 7.29. The van der Waals surface area contributed by atoms with Crippen LogP contribution >= 0.6 is 0 Å². The third-order valence-electron chi connectivity index (χ3n) is 5.77. The minimum atomic E-state index is -0.811. The molecule has 0 aliphatic heterocycles. The zero-order valence-electron chi connectivity index (χ0n) is 17.2. The summed E-state index contributed by atoms with van der Waals surface area (Å²) in [6, 6.07) is 7.94. The zero-order valence-corrected chi connectivity index (χ0v) is 17.2. The van der Waals surface area contributed by atoms with Gasteiger partial charge >= 0.3 is 5.97 Å². The molecule has 1 aromatic carbocycles. The zero-order chi connectivity index (χ0) is 20.1. The number of aliphatic hydroxyl groups is 1. The van der Waals surface area contributed by atoms with Crippen LogP contribution in [0, 0.1) is 5.41 Å². The van der Waals surface area contributed by atoms with Crippen molar-refractivity contribution < 1.29 is 19.7 Å². The smallest absolute Gasteiger partial charge is 0.309 e. The minimum Gasteiger partial charge on any atom is -0.494 e. The Morgan fingerprint density at radius 3 is 2.30 bits per heavy atom. The van der Waals surface area contributed by atoms with Gasteiger partial charge in [0.25, 0.3) is 0 Å². The van der Waals surface area contributed by atoms with Crippen LogP contribution < -0.4 is 4.74 Å². The Balaban J connectivity index is 2.05. The van der Waals surface area contributed by atoms with E-state index in [0.717, 1.165) is 43.5 Å². The fourth-order valence-electron chi connectivity index (χ4n) is 3.79. The molecule has 1 aromatic rings. The van der Waals surface area contributed by atoms with Crippen LogP contribution in [0.1, 0.15) is 63.9 Å². The van der Waals surface area contributed by atoms with Crippen molar-refractivity contribution in [3.63, 3.8) is 0 Å². The van der Waals surface area contributed by atoms with Crippen molar-refractivity contribution in [2.45, 2.75) is 63.9 Å². The van der Waals surface area contributed by atoms with E-state index in [1.165, 1.54) is 6.42 Å². The van der Waals surface area contributed by atoms with Gasteiger partial charge in [0, 0.05) is 12.5 Å². The summed E-state index contributed by atoms with van der Waals surface area (Å²) in [5, 5.41) is 20.4. The maximum absolute atomic E-state index is 11.3. The molecule has 1 saturated carbocycles. The maximum atomic E-state index is 11.3. The van der Waals surface area contributed by atoms with Gasteiger partial charge in [0.2, 0.25) is 0 Å². The molecule has 152 valence electrons. The molecule has 5 nitrogen and oxygen atoms in total. The number of carboxylic acid groups (broad SMARTS) is 1. The summed E-state index contributed by atoms with van der Waals surface area (Å²) < 4.78 is 5.74. The first-order chi connectivity index (χ1) is 12.6. The molecule has 0 saturated heterocycles. The highest BCUT2D eigenvalue weighted by atomic mass is 16.5. The van der Waals surface area contributed by atoms with E-state index in [0.29, 0.717) is 13.0 Å². The van der Waals surface area contributed by atoms with Crippen LogP contribution in [0.2, 0.25) is 0 Å². The Morgan fingerprint density at radius 2 is 1.78 bits per heavy atom. The quantitative estimate of drug-likeness (QED) is 0.683. The van der Waals surface area contributed by atoms with Crippen LogP contribution in [0.4, 0.5) is 0 Å². The molecule has 1 aliphatic carbocycles. The summed E-state index contributed by atoms with van der Waals surface area (Å²) in [6.45, 7) is 4.59. The van der Waals surface area contributed by atoms with Gasteiger partial charge in [-0.05, 0) is 64.9 Å². The van der Waals surface area contributed by atoms with Gasteiger partial charge in [0.05, 0.1) is 17.6 Å². The molecule has 0 radical (unpaired) electrons. The lowest BCUT2D eigenvalue weighted by molar-refractivity contribution is -0.147. The first-order valence-electron chi connectivity index (χ1n) is 9.97. The summed E-state index contributed by atoms with van der Waals surface area (Å²) in [5.74, 6) is 0.000621. The van der Waals surface area contributed by atoms with E-state index in [9.17, 15) is 15.0 Å². The Morgan fingerprint density at radius 1 is 1.19 bits per heavy atom. The molecule has 5 heteroatoms. The summed E-state index contributed by atoms with van der Waals surface area (Å²) in [4.78, 5) is 13.3. The number of benzene rings is 1. The third-order valence-corrected chi connectivity index (χ3v) is 5.77. The van der Waals surface area contributed by atoms with Crippen LogP contribution in [0.3, 0.4) is 0 Å².